The Bertz CT molecular complexity index is 1140. The van der Waals surface area contributed by atoms with Gasteiger partial charge in [-0.15, -0.1) is 0 Å². The topological polar surface area (TPSA) is 69.5 Å². The Hall–Kier alpha value is -2.83. The smallest absolute Gasteiger partial charge is 0.123 e. The average Bonchev–Trinajstić information content (AvgIpc) is 3.09. The molecule has 3 aromatic rings. The molecule has 192 valence electrons. The van der Waals surface area contributed by atoms with Crippen molar-refractivity contribution in [1.29, 1.82) is 0 Å². The highest BCUT2D eigenvalue weighted by atomic mass is 19.1. The zero-order chi connectivity index (χ0) is 26.3. The Labute approximate surface area is 209 Å². The minimum Gasteiger partial charge on any atom is -0.513 e. The van der Waals surface area contributed by atoms with Gasteiger partial charge < -0.3 is 25.4 Å². The lowest BCUT2D eigenvalue weighted by molar-refractivity contribution is 0.102. The first kappa shape index (κ1) is 28.4. The number of nitrogens with zero attached hydrogens (tertiary/aromatic N) is 1. The lowest BCUT2D eigenvalue weighted by atomic mass is 9.88. The third kappa shape index (κ3) is 7.58. The quantitative estimate of drug-likeness (QED) is 0.207. The Morgan fingerprint density at radius 3 is 2.23 bits per heavy atom. The molecule has 0 saturated carbocycles. The molecule has 3 rings (SSSR count). The van der Waals surface area contributed by atoms with Gasteiger partial charge in [0, 0.05) is 37.1 Å². The first-order valence-corrected chi connectivity index (χ1v) is 12.3. The number of hydrogen-bond donors (Lipinski definition) is 4. The Morgan fingerprint density at radius 1 is 1.11 bits per heavy atom. The molecule has 0 aliphatic rings. The number of hydrogen-bond acceptors (Lipinski definition) is 4. The van der Waals surface area contributed by atoms with Crippen LogP contribution in [0.25, 0.3) is 22.0 Å². The second-order valence-corrected chi connectivity index (χ2v) is 9.92. The third-order valence-corrected chi connectivity index (χ3v) is 5.73. The van der Waals surface area contributed by atoms with Gasteiger partial charge in [0.05, 0.1) is 22.6 Å². The minimum atomic E-state index is -0.500. The maximum Gasteiger partial charge on any atom is 0.123 e. The van der Waals surface area contributed by atoms with E-state index < -0.39 is 5.60 Å². The van der Waals surface area contributed by atoms with E-state index in [2.05, 4.69) is 48.6 Å². The van der Waals surface area contributed by atoms with Gasteiger partial charge in [-0.2, -0.15) is 0 Å². The highest BCUT2D eigenvalue weighted by molar-refractivity contribution is 6.05. The molecular formula is C29H42FN3O2. The van der Waals surface area contributed by atoms with Crippen molar-refractivity contribution in [2.24, 2.45) is 0 Å². The van der Waals surface area contributed by atoms with Crippen molar-refractivity contribution in [3.05, 3.63) is 65.3 Å². The highest BCUT2D eigenvalue weighted by Gasteiger charge is 2.22. The van der Waals surface area contributed by atoms with E-state index in [1.807, 2.05) is 19.2 Å². The van der Waals surface area contributed by atoms with Crippen LogP contribution in [0, 0.1) is 19.7 Å². The number of halogens is 1. The van der Waals surface area contributed by atoms with Crippen LogP contribution in [-0.2, 0) is 13.0 Å². The summed E-state index contributed by atoms with van der Waals surface area (Å²) >= 11 is 0. The average molecular weight is 484 g/mol. The molecule has 4 N–H and O–H groups in total. The maximum absolute atomic E-state index is 13.6. The molecule has 35 heavy (non-hydrogen) atoms. The van der Waals surface area contributed by atoms with E-state index in [1.165, 1.54) is 23.3 Å². The summed E-state index contributed by atoms with van der Waals surface area (Å²) in [4.78, 5) is 0. The molecule has 0 atom stereocenters. The normalized spacial score (nSPS) is 11.3. The molecule has 2 aromatic carbocycles. The first-order valence-electron chi connectivity index (χ1n) is 12.3. The van der Waals surface area contributed by atoms with Crippen molar-refractivity contribution in [1.82, 2.24) is 9.88 Å². The van der Waals surface area contributed by atoms with E-state index in [-0.39, 0.29) is 11.6 Å². The van der Waals surface area contributed by atoms with Gasteiger partial charge in [-0.25, -0.2) is 4.39 Å². The summed E-state index contributed by atoms with van der Waals surface area (Å²) in [5, 5.41) is 26.3. The van der Waals surface area contributed by atoms with Crippen molar-refractivity contribution in [2.75, 3.05) is 25.5 Å². The molecule has 1 aromatic heterocycles. The van der Waals surface area contributed by atoms with Gasteiger partial charge in [-0.05, 0) is 95.5 Å². The molecule has 0 saturated heterocycles. The number of aliphatic hydroxyl groups is 2. The lowest BCUT2D eigenvalue weighted by Crippen LogP contribution is -2.19. The van der Waals surface area contributed by atoms with Crippen LogP contribution in [0.4, 0.5) is 10.1 Å². The minimum absolute atomic E-state index is 0.173. The second-order valence-electron chi connectivity index (χ2n) is 9.92. The summed E-state index contributed by atoms with van der Waals surface area (Å²) in [7, 11) is 1.94. The number of benzene rings is 2. The number of fused-ring (bicyclic) bond motifs is 1. The van der Waals surface area contributed by atoms with Crippen molar-refractivity contribution in [3.63, 3.8) is 0 Å². The van der Waals surface area contributed by atoms with Crippen LogP contribution in [0.2, 0.25) is 0 Å². The molecule has 0 bridgehead atoms. The number of nitrogens with one attached hydrogen (secondary N) is 2. The van der Waals surface area contributed by atoms with Crippen LogP contribution in [0.15, 0.2) is 42.7 Å². The van der Waals surface area contributed by atoms with Gasteiger partial charge in [-0.3, -0.25) is 0 Å². The van der Waals surface area contributed by atoms with Gasteiger partial charge in [-0.1, -0.05) is 18.7 Å². The number of likely N-dealkylation sites (N-methyl/N-ethyl adjacent to an activating group) is 1. The molecule has 0 fully saturated rings. The second kappa shape index (κ2) is 12.2. The standard InChI is InChI=1S/C25H32FN3O.C4H10O/c1-6-29-16(2)15-22-23(19-8-10-20(26)11-9-19)21(12-7-17(3)30)18(4)24(25(22)29)28-14-13-27-5;1-4(2,3)5/h8-11,15,27-28,30H,3,6-7,12-14H2,1-2,4-5H3;5H,1-3H3. The predicted octanol–water partition coefficient (Wildman–Crippen LogP) is 6.50. The number of allylic oxidation sites excluding steroid dienone is 1. The summed E-state index contributed by atoms with van der Waals surface area (Å²) < 4.78 is 16.0. The molecule has 0 aliphatic heterocycles. The largest absolute Gasteiger partial charge is 0.513 e. The van der Waals surface area contributed by atoms with E-state index >= 15 is 0 Å². The summed E-state index contributed by atoms with van der Waals surface area (Å²) in [5.74, 6) is -0.0729. The Balaban J connectivity index is 0.000000784. The van der Waals surface area contributed by atoms with Crippen LogP contribution in [0.1, 0.15) is 50.9 Å². The van der Waals surface area contributed by atoms with E-state index in [0.29, 0.717) is 12.8 Å². The molecule has 0 radical (unpaired) electrons. The van der Waals surface area contributed by atoms with Gasteiger partial charge >= 0.3 is 0 Å². The highest BCUT2D eigenvalue weighted by Crippen LogP contribution is 2.42. The van der Waals surface area contributed by atoms with Crippen molar-refractivity contribution in [2.45, 2.75) is 66.5 Å². The molecule has 0 amide bonds. The fourth-order valence-corrected chi connectivity index (χ4v) is 4.28. The van der Waals surface area contributed by atoms with Crippen molar-refractivity contribution in [3.8, 4) is 11.1 Å². The van der Waals surface area contributed by atoms with Gasteiger partial charge in [0.1, 0.15) is 5.82 Å². The molecule has 6 heteroatoms. The van der Waals surface area contributed by atoms with E-state index in [1.54, 1.807) is 20.8 Å². The van der Waals surface area contributed by atoms with Crippen LogP contribution >= 0.6 is 0 Å². The number of aromatic nitrogens is 1. The van der Waals surface area contributed by atoms with E-state index in [9.17, 15) is 9.50 Å². The van der Waals surface area contributed by atoms with Crippen LogP contribution in [-0.4, -0.2) is 40.5 Å². The molecule has 1 heterocycles. The van der Waals surface area contributed by atoms with Gasteiger partial charge in [0.15, 0.2) is 0 Å². The molecule has 0 spiro atoms. The third-order valence-electron chi connectivity index (χ3n) is 5.73. The molecule has 5 nitrogen and oxygen atoms in total. The number of rotatable bonds is 9. The first-order chi connectivity index (χ1) is 16.4. The van der Waals surface area contributed by atoms with Crippen molar-refractivity contribution < 1.29 is 14.6 Å². The van der Waals surface area contributed by atoms with Crippen molar-refractivity contribution >= 4 is 16.6 Å². The Kier molecular flexibility index (Phi) is 9.92. The zero-order valence-electron chi connectivity index (χ0n) is 22.3. The fourth-order valence-electron chi connectivity index (χ4n) is 4.28. The summed E-state index contributed by atoms with van der Waals surface area (Å²) in [6.07, 6.45) is 1.16. The predicted molar refractivity (Wildman–Crippen MR) is 147 cm³/mol. The van der Waals surface area contributed by atoms with E-state index in [0.717, 1.165) is 53.0 Å². The Morgan fingerprint density at radius 2 is 1.71 bits per heavy atom. The lowest BCUT2D eigenvalue weighted by Gasteiger charge is -2.22. The number of aliphatic hydroxyl groups excluding tert-OH is 1. The molecular weight excluding hydrogens is 441 g/mol. The van der Waals surface area contributed by atoms with Crippen LogP contribution in [0.5, 0.6) is 0 Å². The molecule has 0 aliphatic carbocycles. The summed E-state index contributed by atoms with van der Waals surface area (Å²) in [6, 6.07) is 8.92. The SMILES string of the molecule is C=C(O)CCc1c(C)c(NCCNC)c2c(cc(C)n2CC)c1-c1ccc(F)cc1.CC(C)(C)O. The van der Waals surface area contributed by atoms with Gasteiger partial charge in [0.25, 0.3) is 0 Å². The summed E-state index contributed by atoms with van der Waals surface area (Å²) in [5.41, 5.74) is 7.40. The van der Waals surface area contributed by atoms with Crippen LogP contribution < -0.4 is 10.6 Å². The maximum atomic E-state index is 13.6. The number of aryl methyl sites for hydroxylation is 2. The zero-order valence-corrected chi connectivity index (χ0v) is 22.3. The molecule has 0 unspecified atom stereocenters. The van der Waals surface area contributed by atoms with Crippen LogP contribution in [0.3, 0.4) is 0 Å². The number of anilines is 1. The van der Waals surface area contributed by atoms with E-state index in [4.69, 9.17) is 5.11 Å². The monoisotopic (exact) mass is 483 g/mol. The van der Waals surface area contributed by atoms with Gasteiger partial charge in [0.2, 0.25) is 0 Å². The fraction of sp³-hybridized carbons (Fsp3) is 0.448. The summed E-state index contributed by atoms with van der Waals surface area (Å²) in [6.45, 7) is 17.8.